The molecule has 1 aromatic carbocycles. The summed E-state index contributed by atoms with van der Waals surface area (Å²) in [5.74, 6) is 5.72. The van der Waals surface area contributed by atoms with Crippen molar-refractivity contribution < 1.29 is 32.5 Å². The number of halogens is 3. The number of hydrogen-bond acceptors (Lipinski definition) is 6. The molecule has 0 saturated carbocycles. The smallest absolute Gasteiger partial charge is 0.437 e. The van der Waals surface area contributed by atoms with Crippen LogP contribution in [-0.4, -0.2) is 52.7 Å². The highest BCUT2D eigenvalue weighted by Gasteiger charge is 2.37. The molecule has 0 fully saturated rings. The third-order valence-corrected chi connectivity index (χ3v) is 5.45. The van der Waals surface area contributed by atoms with E-state index in [1.807, 2.05) is 0 Å². The lowest BCUT2D eigenvalue weighted by Gasteiger charge is -2.31. The third kappa shape index (κ3) is 5.63. The number of aliphatic hydroxyl groups is 1. The maximum atomic E-state index is 13.3. The minimum absolute atomic E-state index is 0.0695. The lowest BCUT2D eigenvalue weighted by atomic mass is 10.1. The van der Waals surface area contributed by atoms with Gasteiger partial charge in [0.1, 0.15) is 29.8 Å². The molecule has 0 bridgehead atoms. The predicted molar refractivity (Wildman–Crippen MR) is 126 cm³/mol. The summed E-state index contributed by atoms with van der Waals surface area (Å²) in [6.45, 7) is 3.45. The summed E-state index contributed by atoms with van der Waals surface area (Å²) in [7, 11) is 1.63. The fraction of sp³-hybridized carbons (Fsp3) is 0.308. The predicted octanol–water partition coefficient (Wildman–Crippen LogP) is 3.74. The maximum absolute atomic E-state index is 13.3. The number of aromatic nitrogens is 1. The molecule has 0 radical (unpaired) electrons. The number of ether oxygens (including phenoxy) is 2. The average Bonchev–Trinajstić information content (AvgIpc) is 2.94. The van der Waals surface area contributed by atoms with E-state index in [-0.39, 0.29) is 24.8 Å². The van der Waals surface area contributed by atoms with Gasteiger partial charge in [0, 0.05) is 31.6 Å². The molecule has 2 aliphatic rings. The number of benzene rings is 1. The van der Waals surface area contributed by atoms with Crippen LogP contribution in [0.25, 0.3) is 0 Å². The molecule has 0 saturated heterocycles. The number of carbonyl (C=O) groups is 1. The summed E-state index contributed by atoms with van der Waals surface area (Å²) >= 11 is 0. The molecule has 1 atom stereocenters. The molecule has 2 aliphatic heterocycles. The van der Waals surface area contributed by atoms with Gasteiger partial charge < -0.3 is 24.4 Å². The topological polar surface area (TPSA) is 75.1 Å². The van der Waals surface area contributed by atoms with Crippen LogP contribution in [0.3, 0.4) is 0 Å². The van der Waals surface area contributed by atoms with Crippen LogP contribution in [0.15, 0.2) is 60.6 Å². The third-order valence-electron chi connectivity index (χ3n) is 5.45. The zero-order chi connectivity index (χ0) is 26.1. The first-order valence-corrected chi connectivity index (χ1v) is 11.1. The Hall–Kier alpha value is -3.97. The molecule has 36 heavy (non-hydrogen) atoms. The maximum Gasteiger partial charge on any atom is 0.437 e. The lowest BCUT2D eigenvalue weighted by Crippen LogP contribution is -2.48. The summed E-state index contributed by atoms with van der Waals surface area (Å²) in [5, 5.41) is 9.84. The van der Waals surface area contributed by atoms with Crippen LogP contribution in [0, 0.1) is 11.8 Å². The first-order valence-electron chi connectivity index (χ1n) is 11.1. The standard InChI is InChI=1S/C26H24F3N3O4/c1-25(2,34)11-8-17-6-7-21-19(15-17)31(3)24(33)20(16-35-21)32-13-9-18(10-14-32)36-22-5-4-12-30-23(22)26(27,28)29/h4-7,9-10,12-13,15,20,34H,14,16H2,1-3H3/t20-/m0/s1. The Morgan fingerprint density at radius 3 is 2.69 bits per heavy atom. The van der Waals surface area contributed by atoms with E-state index in [9.17, 15) is 23.1 Å². The van der Waals surface area contributed by atoms with Crippen molar-refractivity contribution in [2.24, 2.45) is 0 Å². The molecule has 1 aromatic heterocycles. The number of hydrogen-bond donors (Lipinski definition) is 1. The van der Waals surface area contributed by atoms with E-state index in [2.05, 4.69) is 16.8 Å². The Morgan fingerprint density at radius 1 is 1.25 bits per heavy atom. The second kappa shape index (κ2) is 9.59. The fourth-order valence-corrected chi connectivity index (χ4v) is 3.64. The highest BCUT2D eigenvalue weighted by molar-refractivity contribution is 5.99. The van der Waals surface area contributed by atoms with Gasteiger partial charge in [-0.25, -0.2) is 4.98 Å². The summed E-state index contributed by atoms with van der Waals surface area (Å²) in [4.78, 5) is 19.9. The largest absolute Gasteiger partial charge is 0.489 e. The number of allylic oxidation sites excluding steroid dienone is 1. The van der Waals surface area contributed by atoms with Crippen molar-refractivity contribution in [2.45, 2.75) is 31.7 Å². The minimum atomic E-state index is -4.65. The molecule has 2 aromatic rings. The Balaban J connectivity index is 1.48. The van der Waals surface area contributed by atoms with Gasteiger partial charge in [-0.05, 0) is 56.3 Å². The number of carbonyl (C=O) groups excluding carboxylic acids is 1. The van der Waals surface area contributed by atoms with E-state index in [1.54, 1.807) is 56.3 Å². The quantitative estimate of drug-likeness (QED) is 0.649. The summed E-state index contributed by atoms with van der Waals surface area (Å²) < 4.78 is 50.9. The second-order valence-corrected chi connectivity index (χ2v) is 8.78. The van der Waals surface area contributed by atoms with Gasteiger partial charge in [-0.3, -0.25) is 4.79 Å². The number of fused-ring (bicyclic) bond motifs is 1. The molecule has 0 spiro atoms. The molecule has 1 amide bonds. The van der Waals surface area contributed by atoms with Crippen LogP contribution in [0.4, 0.5) is 18.9 Å². The van der Waals surface area contributed by atoms with Crippen molar-refractivity contribution >= 4 is 11.6 Å². The molecule has 0 aliphatic carbocycles. The van der Waals surface area contributed by atoms with Gasteiger partial charge >= 0.3 is 6.18 Å². The molecule has 7 nitrogen and oxygen atoms in total. The van der Waals surface area contributed by atoms with Crippen LogP contribution < -0.4 is 14.4 Å². The normalized spacial score (nSPS) is 17.9. The number of likely N-dealkylation sites (N-methyl/N-ethyl adjacent to an activating group) is 1. The Morgan fingerprint density at radius 2 is 2.03 bits per heavy atom. The van der Waals surface area contributed by atoms with Crippen LogP contribution in [0.5, 0.6) is 11.5 Å². The minimum Gasteiger partial charge on any atom is -0.489 e. The van der Waals surface area contributed by atoms with Crippen LogP contribution in [0.2, 0.25) is 0 Å². The summed E-state index contributed by atoms with van der Waals surface area (Å²) in [6, 6.07) is 7.08. The number of pyridine rings is 1. The van der Waals surface area contributed by atoms with E-state index in [0.717, 1.165) is 6.20 Å². The molecule has 0 unspecified atom stereocenters. The van der Waals surface area contributed by atoms with E-state index in [0.29, 0.717) is 17.0 Å². The van der Waals surface area contributed by atoms with Gasteiger partial charge in [0.25, 0.3) is 5.91 Å². The number of amides is 1. The summed E-state index contributed by atoms with van der Waals surface area (Å²) in [6.07, 6.45) is 1.08. The second-order valence-electron chi connectivity index (χ2n) is 8.78. The van der Waals surface area contributed by atoms with Crippen LogP contribution in [-0.2, 0) is 11.0 Å². The monoisotopic (exact) mass is 499 g/mol. The van der Waals surface area contributed by atoms with Crippen molar-refractivity contribution in [3.8, 4) is 23.3 Å². The highest BCUT2D eigenvalue weighted by atomic mass is 19.4. The average molecular weight is 499 g/mol. The number of alkyl halides is 3. The van der Waals surface area contributed by atoms with Gasteiger partial charge in [-0.15, -0.1) is 0 Å². The highest BCUT2D eigenvalue weighted by Crippen LogP contribution is 2.36. The molecular weight excluding hydrogens is 475 g/mol. The lowest BCUT2D eigenvalue weighted by molar-refractivity contribution is -0.142. The molecule has 4 rings (SSSR count). The van der Waals surface area contributed by atoms with E-state index < -0.39 is 29.3 Å². The molecule has 188 valence electrons. The van der Waals surface area contributed by atoms with Gasteiger partial charge in [-0.1, -0.05) is 11.8 Å². The van der Waals surface area contributed by atoms with Crippen molar-refractivity contribution in [2.75, 3.05) is 25.1 Å². The zero-order valence-electron chi connectivity index (χ0n) is 19.8. The molecule has 1 N–H and O–H groups in total. The number of anilines is 1. The molecule has 3 heterocycles. The zero-order valence-corrected chi connectivity index (χ0v) is 19.8. The molecular formula is C26H24F3N3O4. The first-order chi connectivity index (χ1) is 16.9. The van der Waals surface area contributed by atoms with Crippen molar-refractivity contribution in [3.05, 3.63) is 71.9 Å². The van der Waals surface area contributed by atoms with E-state index in [4.69, 9.17) is 9.47 Å². The Bertz CT molecular complexity index is 1290. The van der Waals surface area contributed by atoms with Crippen molar-refractivity contribution in [1.29, 1.82) is 0 Å². The van der Waals surface area contributed by atoms with Gasteiger partial charge in [-0.2, -0.15) is 13.2 Å². The van der Waals surface area contributed by atoms with Crippen LogP contribution in [0.1, 0.15) is 25.1 Å². The number of rotatable bonds is 3. The van der Waals surface area contributed by atoms with Crippen molar-refractivity contribution in [1.82, 2.24) is 9.88 Å². The molecule has 10 heteroatoms. The van der Waals surface area contributed by atoms with Crippen LogP contribution >= 0.6 is 0 Å². The SMILES string of the molecule is CN1C(=O)[C@@H](N2C=CC(Oc3cccnc3C(F)(F)F)=CC2)COc2ccc(C#CC(C)(C)O)cc21. The van der Waals surface area contributed by atoms with Gasteiger partial charge in [0.15, 0.2) is 11.4 Å². The van der Waals surface area contributed by atoms with Crippen molar-refractivity contribution in [3.63, 3.8) is 0 Å². The number of nitrogens with zero attached hydrogens (tertiary/aromatic N) is 3. The van der Waals surface area contributed by atoms with E-state index >= 15 is 0 Å². The first kappa shape index (κ1) is 25.1. The Labute approximate surface area is 206 Å². The Kier molecular flexibility index (Phi) is 6.69. The van der Waals surface area contributed by atoms with Gasteiger partial charge in [0.05, 0.1) is 5.69 Å². The van der Waals surface area contributed by atoms with E-state index in [1.165, 1.54) is 23.1 Å². The summed E-state index contributed by atoms with van der Waals surface area (Å²) in [5.41, 5.74) is -1.10. The van der Waals surface area contributed by atoms with Gasteiger partial charge in [0.2, 0.25) is 0 Å². The fourth-order valence-electron chi connectivity index (χ4n) is 3.64.